The summed E-state index contributed by atoms with van der Waals surface area (Å²) in [5.74, 6) is 4.30. The fourth-order valence-corrected chi connectivity index (χ4v) is 6.92. The molecule has 1 aliphatic heterocycles. The first-order valence-electron chi connectivity index (χ1n) is 12.3. The molecule has 5 nitrogen and oxygen atoms in total. The number of hydrogen-bond acceptors (Lipinski definition) is 4. The number of rotatable bonds is 10. The van der Waals surface area contributed by atoms with Gasteiger partial charge in [-0.15, -0.1) is 0 Å². The zero-order chi connectivity index (χ0) is 22.8. The van der Waals surface area contributed by atoms with Crippen LogP contribution in [0, 0.1) is 23.2 Å². The Labute approximate surface area is 202 Å². The molecule has 1 aromatic carbocycles. The van der Waals surface area contributed by atoms with Gasteiger partial charge in [-0.05, 0) is 61.0 Å². The van der Waals surface area contributed by atoms with Gasteiger partial charge in [0.1, 0.15) is 26.2 Å². The van der Waals surface area contributed by atoms with Gasteiger partial charge in [-0.2, -0.15) is 0 Å². The molecular formula is C26H41BrNO4+. The van der Waals surface area contributed by atoms with E-state index in [2.05, 4.69) is 35.8 Å². The van der Waals surface area contributed by atoms with E-state index in [1.807, 2.05) is 6.07 Å². The Morgan fingerprint density at radius 2 is 1.78 bits per heavy atom. The minimum atomic E-state index is 0.568. The summed E-state index contributed by atoms with van der Waals surface area (Å²) in [6.45, 7) is 12.3. The number of nitrogens with zero attached hydrogens (tertiary/aromatic N) is 1. The molecule has 3 aliphatic carbocycles. The number of ether oxygens (including phenoxy) is 4. The van der Waals surface area contributed by atoms with Crippen LogP contribution in [-0.4, -0.2) is 64.8 Å². The van der Waals surface area contributed by atoms with Crippen LogP contribution in [0.2, 0.25) is 0 Å². The summed E-state index contributed by atoms with van der Waals surface area (Å²) >= 11 is 3.75. The normalized spacial score (nSPS) is 28.1. The van der Waals surface area contributed by atoms with Crippen LogP contribution in [0.4, 0.5) is 0 Å². The van der Waals surface area contributed by atoms with Crippen LogP contribution in [-0.2, 0) is 16.0 Å². The average Bonchev–Trinajstić information content (AvgIpc) is 2.80. The first-order valence-corrected chi connectivity index (χ1v) is 13.1. The highest BCUT2D eigenvalue weighted by Gasteiger charge is 2.53. The first kappa shape index (κ1) is 24.3. The molecule has 5 rings (SSSR count). The predicted molar refractivity (Wildman–Crippen MR) is 130 cm³/mol. The van der Waals surface area contributed by atoms with Crippen molar-refractivity contribution in [2.75, 3.05) is 60.3 Å². The number of hydrogen-bond donors (Lipinski definition) is 0. The van der Waals surface area contributed by atoms with Gasteiger partial charge in [0.05, 0.1) is 34.0 Å². The summed E-state index contributed by atoms with van der Waals surface area (Å²) in [6, 6.07) is 4.12. The van der Waals surface area contributed by atoms with Crippen LogP contribution in [0.25, 0.3) is 0 Å². The van der Waals surface area contributed by atoms with Crippen molar-refractivity contribution in [2.24, 2.45) is 23.2 Å². The molecule has 2 bridgehead atoms. The predicted octanol–water partition coefficient (Wildman–Crippen LogP) is 5.29. The van der Waals surface area contributed by atoms with Gasteiger partial charge in [0.2, 0.25) is 0 Å². The van der Waals surface area contributed by atoms with Crippen LogP contribution in [0.1, 0.15) is 45.1 Å². The van der Waals surface area contributed by atoms with Gasteiger partial charge in [0, 0.05) is 16.6 Å². The van der Waals surface area contributed by atoms with Gasteiger partial charge >= 0.3 is 0 Å². The second-order valence-electron chi connectivity index (χ2n) is 10.7. The fourth-order valence-electron chi connectivity index (χ4n) is 6.47. The number of halogens is 1. The summed E-state index contributed by atoms with van der Waals surface area (Å²) in [7, 11) is 3.37. The lowest BCUT2D eigenvalue weighted by atomic mass is 9.45. The highest BCUT2D eigenvalue weighted by Crippen LogP contribution is 2.61. The quantitative estimate of drug-likeness (QED) is 0.316. The van der Waals surface area contributed by atoms with Crippen LogP contribution in [0.5, 0.6) is 11.5 Å². The van der Waals surface area contributed by atoms with Crippen molar-refractivity contribution in [3.05, 3.63) is 22.2 Å². The third-order valence-electron chi connectivity index (χ3n) is 8.82. The Balaban J connectivity index is 1.32. The van der Waals surface area contributed by atoms with E-state index >= 15 is 0 Å². The molecule has 32 heavy (non-hydrogen) atoms. The fraction of sp³-hybridized carbons (Fsp3) is 0.769. The van der Waals surface area contributed by atoms with E-state index in [1.165, 1.54) is 31.2 Å². The SMILES string of the molecule is COc1cc(Br)c(C[N+]2(CCOCCC3CC[C@H]4C[C@H]3C4(C)C)CCOCC2)cc1OC. The van der Waals surface area contributed by atoms with E-state index in [-0.39, 0.29) is 0 Å². The van der Waals surface area contributed by atoms with E-state index in [0.717, 1.165) is 90.8 Å². The summed E-state index contributed by atoms with van der Waals surface area (Å²) in [6.07, 6.45) is 5.52. The third kappa shape index (κ3) is 4.98. The van der Waals surface area contributed by atoms with E-state index in [4.69, 9.17) is 18.9 Å². The Kier molecular flexibility index (Phi) is 7.75. The zero-order valence-corrected chi connectivity index (χ0v) is 21.9. The maximum atomic E-state index is 6.23. The molecule has 180 valence electrons. The minimum absolute atomic E-state index is 0.568. The second kappa shape index (κ2) is 10.2. The van der Waals surface area contributed by atoms with Gasteiger partial charge in [-0.3, -0.25) is 0 Å². The van der Waals surface area contributed by atoms with Crippen LogP contribution >= 0.6 is 15.9 Å². The topological polar surface area (TPSA) is 36.9 Å². The summed E-state index contributed by atoms with van der Waals surface area (Å²) in [5, 5.41) is 0. The van der Waals surface area contributed by atoms with Gasteiger partial charge in [-0.1, -0.05) is 29.8 Å². The van der Waals surface area contributed by atoms with Crippen molar-refractivity contribution in [1.82, 2.24) is 0 Å². The highest BCUT2D eigenvalue weighted by atomic mass is 79.9. The van der Waals surface area contributed by atoms with Crippen molar-refractivity contribution in [3.63, 3.8) is 0 Å². The first-order chi connectivity index (χ1) is 15.4. The standard InChI is InChI=1S/C26H41BrNO4/c1-26(2)21-6-5-19(22(26)16-21)7-11-31-12-8-28(9-13-32-14-10-28)18-20-15-24(29-3)25(30-4)17-23(20)27/h15,17,19,21-22H,5-14,16,18H2,1-4H3/q+1/t19?,21-,22+/m0/s1. The lowest BCUT2D eigenvalue weighted by molar-refractivity contribution is -0.947. The van der Waals surface area contributed by atoms with Crippen molar-refractivity contribution in [1.29, 1.82) is 0 Å². The molecule has 0 N–H and O–H groups in total. The molecule has 0 aromatic heterocycles. The second-order valence-corrected chi connectivity index (χ2v) is 11.5. The van der Waals surface area contributed by atoms with E-state index in [9.17, 15) is 0 Å². The Morgan fingerprint density at radius 1 is 1.06 bits per heavy atom. The van der Waals surface area contributed by atoms with Gasteiger partial charge in [0.25, 0.3) is 0 Å². The van der Waals surface area contributed by atoms with E-state index in [1.54, 1.807) is 14.2 Å². The third-order valence-corrected chi connectivity index (χ3v) is 9.56. The van der Waals surface area contributed by atoms with Crippen molar-refractivity contribution in [3.8, 4) is 11.5 Å². The maximum Gasteiger partial charge on any atom is 0.161 e. The van der Waals surface area contributed by atoms with Crippen LogP contribution < -0.4 is 9.47 Å². The molecule has 1 heterocycles. The highest BCUT2D eigenvalue weighted by molar-refractivity contribution is 9.10. The Morgan fingerprint density at radius 3 is 2.44 bits per heavy atom. The number of quaternary nitrogens is 1. The Hall–Kier alpha value is -0.820. The molecule has 0 spiro atoms. The van der Waals surface area contributed by atoms with Gasteiger partial charge < -0.3 is 23.4 Å². The van der Waals surface area contributed by atoms with Gasteiger partial charge in [-0.25, -0.2) is 0 Å². The molecule has 1 unspecified atom stereocenters. The number of methoxy groups -OCH3 is 2. The van der Waals surface area contributed by atoms with Crippen LogP contribution in [0.3, 0.4) is 0 Å². The molecule has 6 heteroatoms. The Bertz CT molecular complexity index is 775. The number of fused-ring (bicyclic) bond motifs is 2. The van der Waals surface area contributed by atoms with Crippen molar-refractivity contribution >= 4 is 15.9 Å². The average molecular weight is 512 g/mol. The molecule has 1 aromatic rings. The summed E-state index contributed by atoms with van der Waals surface area (Å²) in [5.41, 5.74) is 1.81. The minimum Gasteiger partial charge on any atom is -0.493 e. The number of morpholine rings is 1. The molecule has 4 aliphatic rings. The number of benzene rings is 1. The monoisotopic (exact) mass is 510 g/mol. The molecule has 0 radical (unpaired) electrons. The largest absolute Gasteiger partial charge is 0.493 e. The van der Waals surface area contributed by atoms with Crippen LogP contribution in [0.15, 0.2) is 16.6 Å². The van der Waals surface area contributed by atoms with Crippen molar-refractivity contribution in [2.45, 2.75) is 46.1 Å². The molecule has 1 saturated heterocycles. The molecule has 3 atom stereocenters. The molecule has 0 amide bonds. The van der Waals surface area contributed by atoms with E-state index in [0.29, 0.717) is 5.41 Å². The van der Waals surface area contributed by atoms with E-state index < -0.39 is 0 Å². The summed E-state index contributed by atoms with van der Waals surface area (Å²) in [4.78, 5) is 0. The maximum absolute atomic E-state index is 6.23. The van der Waals surface area contributed by atoms with Crippen molar-refractivity contribution < 1.29 is 23.4 Å². The van der Waals surface area contributed by atoms with Gasteiger partial charge in [0.15, 0.2) is 11.5 Å². The smallest absolute Gasteiger partial charge is 0.161 e. The summed E-state index contributed by atoms with van der Waals surface area (Å²) < 4.78 is 25.0. The lowest BCUT2D eigenvalue weighted by Gasteiger charge is -2.60. The molecule has 4 fully saturated rings. The lowest BCUT2D eigenvalue weighted by Crippen LogP contribution is -2.56. The molecular weight excluding hydrogens is 470 g/mol. The molecule has 3 saturated carbocycles. The zero-order valence-electron chi connectivity index (χ0n) is 20.3.